The summed E-state index contributed by atoms with van der Waals surface area (Å²) in [6, 6.07) is 13.4. The second kappa shape index (κ2) is 10.5. The van der Waals surface area contributed by atoms with Gasteiger partial charge in [0.05, 0.1) is 12.0 Å². The van der Waals surface area contributed by atoms with E-state index in [9.17, 15) is 9.59 Å². The molecule has 0 aliphatic carbocycles. The van der Waals surface area contributed by atoms with Crippen LogP contribution >= 0.6 is 11.6 Å². The molecule has 0 radical (unpaired) electrons. The minimum Gasteiger partial charge on any atom is -0.420 e. The van der Waals surface area contributed by atoms with Crippen molar-refractivity contribution in [3.05, 3.63) is 71.5 Å². The van der Waals surface area contributed by atoms with E-state index >= 15 is 0 Å². The van der Waals surface area contributed by atoms with Gasteiger partial charge in [-0.1, -0.05) is 29.8 Å². The Morgan fingerprint density at radius 3 is 2.69 bits per heavy atom. The molecule has 3 amide bonds. The molecule has 4 heterocycles. The first kappa shape index (κ1) is 25.1. The highest BCUT2D eigenvalue weighted by Crippen LogP contribution is 2.29. The Morgan fingerprint density at radius 2 is 1.90 bits per heavy atom. The van der Waals surface area contributed by atoms with Crippen LogP contribution in [0.3, 0.4) is 0 Å². The first-order chi connectivity index (χ1) is 18.9. The third kappa shape index (κ3) is 5.37. The fourth-order valence-corrected chi connectivity index (χ4v) is 5.51. The third-order valence-electron chi connectivity index (χ3n) is 7.31. The summed E-state index contributed by atoms with van der Waals surface area (Å²) in [6.45, 7) is 1.81. The topological polar surface area (TPSA) is 109 Å². The number of rotatable bonds is 5. The van der Waals surface area contributed by atoms with Gasteiger partial charge in [-0.3, -0.25) is 4.79 Å². The third-order valence-corrected chi connectivity index (χ3v) is 7.53. The van der Waals surface area contributed by atoms with Crippen molar-refractivity contribution in [2.45, 2.75) is 31.7 Å². The Kier molecular flexibility index (Phi) is 6.78. The van der Waals surface area contributed by atoms with Crippen molar-refractivity contribution < 1.29 is 14.0 Å². The number of nitrogens with one attached hydrogen (secondary N) is 1. The van der Waals surface area contributed by atoms with Crippen molar-refractivity contribution in [2.75, 3.05) is 25.0 Å². The molecule has 2 aromatic carbocycles. The Morgan fingerprint density at radius 1 is 1.10 bits per heavy atom. The van der Waals surface area contributed by atoms with Gasteiger partial charge in [0.2, 0.25) is 17.7 Å². The molecule has 2 aliphatic rings. The number of aromatic nitrogens is 4. The number of urea groups is 1. The van der Waals surface area contributed by atoms with E-state index in [1.165, 1.54) is 0 Å². The Bertz CT molecular complexity index is 1520. The van der Waals surface area contributed by atoms with Crippen LogP contribution in [0.25, 0.3) is 22.7 Å². The van der Waals surface area contributed by atoms with Gasteiger partial charge in [0.25, 0.3) is 0 Å². The molecule has 2 aliphatic heterocycles. The number of carbonyl (C=O) groups is 2. The van der Waals surface area contributed by atoms with Gasteiger partial charge in [-0.2, -0.15) is 0 Å². The summed E-state index contributed by atoms with van der Waals surface area (Å²) < 4.78 is 7.70. The van der Waals surface area contributed by atoms with Gasteiger partial charge in [0, 0.05) is 60.8 Å². The molecule has 0 bridgehead atoms. The number of para-hydroxylation sites is 1. The van der Waals surface area contributed by atoms with Gasteiger partial charge >= 0.3 is 6.03 Å². The van der Waals surface area contributed by atoms with Crippen LogP contribution in [-0.4, -0.2) is 67.2 Å². The molecule has 0 unspecified atom stereocenters. The zero-order valence-corrected chi connectivity index (χ0v) is 22.3. The number of carbonyl (C=O) groups excluding carboxylic acids is 2. The van der Waals surface area contributed by atoms with Crippen LogP contribution in [-0.2, 0) is 24.7 Å². The molecule has 4 aromatic rings. The van der Waals surface area contributed by atoms with Gasteiger partial charge in [-0.15, -0.1) is 10.2 Å². The number of anilines is 1. The van der Waals surface area contributed by atoms with Crippen molar-refractivity contribution in [3.8, 4) is 22.7 Å². The van der Waals surface area contributed by atoms with Crippen LogP contribution in [0.15, 0.2) is 59.4 Å². The molecule has 6 rings (SSSR count). The zero-order valence-electron chi connectivity index (χ0n) is 21.5. The van der Waals surface area contributed by atoms with E-state index in [2.05, 4.69) is 26.6 Å². The maximum atomic E-state index is 13.0. The predicted octanol–water partition coefficient (Wildman–Crippen LogP) is 4.41. The number of hydrogen-bond donors (Lipinski definition) is 1. The van der Waals surface area contributed by atoms with Crippen molar-refractivity contribution in [3.63, 3.8) is 0 Å². The number of fused-ring (bicyclic) bond motifs is 1. The fraction of sp³-hybridized carbons (Fsp3) is 0.321. The number of piperidine rings is 1. The Labute approximate surface area is 230 Å². The van der Waals surface area contributed by atoms with E-state index in [1.54, 1.807) is 12.4 Å². The van der Waals surface area contributed by atoms with Crippen LogP contribution in [0, 0.1) is 0 Å². The summed E-state index contributed by atoms with van der Waals surface area (Å²) >= 11 is 6.35. The highest BCUT2D eigenvalue weighted by atomic mass is 35.5. The molecule has 39 heavy (non-hydrogen) atoms. The van der Waals surface area contributed by atoms with Crippen molar-refractivity contribution >= 4 is 29.2 Å². The minimum atomic E-state index is -0.0738. The van der Waals surface area contributed by atoms with Crippen LogP contribution in [0.1, 0.15) is 24.3 Å². The van der Waals surface area contributed by atoms with Gasteiger partial charge in [0.15, 0.2) is 0 Å². The number of nitrogens with zero attached hydrogens (tertiary/aromatic N) is 6. The lowest BCUT2D eigenvalue weighted by Gasteiger charge is -2.37. The van der Waals surface area contributed by atoms with E-state index < -0.39 is 0 Å². The number of amides is 3. The number of halogens is 1. The van der Waals surface area contributed by atoms with Gasteiger partial charge in [-0.05, 0) is 49.1 Å². The molecule has 1 fully saturated rings. The van der Waals surface area contributed by atoms with Crippen molar-refractivity contribution in [1.82, 2.24) is 29.5 Å². The maximum Gasteiger partial charge on any atom is 0.322 e. The number of likely N-dealkylation sites (tertiary alicyclic amines) is 1. The smallest absolute Gasteiger partial charge is 0.322 e. The van der Waals surface area contributed by atoms with E-state index in [0.717, 1.165) is 41.8 Å². The van der Waals surface area contributed by atoms with Crippen molar-refractivity contribution in [1.29, 1.82) is 0 Å². The lowest BCUT2D eigenvalue weighted by molar-refractivity contribution is -0.132. The average Bonchev–Trinajstić information content (AvgIpc) is 3.55. The van der Waals surface area contributed by atoms with E-state index in [1.807, 2.05) is 57.9 Å². The first-order valence-corrected chi connectivity index (χ1v) is 13.4. The van der Waals surface area contributed by atoms with E-state index in [4.69, 9.17) is 16.0 Å². The molecule has 0 atom stereocenters. The maximum absolute atomic E-state index is 13.0. The molecular formula is C28H28ClN7O3. The highest BCUT2D eigenvalue weighted by molar-refractivity contribution is 6.31. The van der Waals surface area contributed by atoms with Crippen LogP contribution in [0.2, 0.25) is 5.02 Å². The number of benzene rings is 2. The second-order valence-electron chi connectivity index (χ2n) is 9.97. The van der Waals surface area contributed by atoms with Crippen LogP contribution < -0.4 is 5.32 Å². The van der Waals surface area contributed by atoms with Crippen LogP contribution in [0.4, 0.5) is 10.5 Å². The zero-order chi connectivity index (χ0) is 26.9. The molecular weight excluding hydrogens is 518 g/mol. The lowest BCUT2D eigenvalue weighted by Crippen LogP contribution is -2.50. The molecule has 1 saturated heterocycles. The number of aryl methyl sites for hydroxylation is 1. The summed E-state index contributed by atoms with van der Waals surface area (Å²) in [6.07, 6.45) is 5.90. The van der Waals surface area contributed by atoms with Gasteiger partial charge in [-0.25, -0.2) is 9.78 Å². The lowest BCUT2D eigenvalue weighted by atomic mass is 10.0. The second-order valence-corrected chi connectivity index (χ2v) is 10.4. The Hall–Kier alpha value is -4.18. The molecule has 200 valence electrons. The number of hydrogen-bond acceptors (Lipinski definition) is 6. The average molecular weight is 546 g/mol. The molecule has 10 nitrogen and oxygen atoms in total. The summed E-state index contributed by atoms with van der Waals surface area (Å²) in [5.41, 5.74) is 4.29. The molecule has 11 heteroatoms. The SMILES string of the molecule is Cn1cnc(-c2cc(Cl)cc(-c3nnc(CC(=O)N4CCC(N5CCc6ccccc6NC5=O)CC4)o3)c2)c1. The first-order valence-electron chi connectivity index (χ1n) is 13.0. The highest BCUT2D eigenvalue weighted by Gasteiger charge is 2.31. The standard InChI is InChI=1S/C28H28ClN7O3/c1-34-16-24(30-17-34)19-12-20(14-21(29)13-19)27-33-32-25(39-27)15-26(37)35-9-7-22(8-10-35)36-11-6-18-4-2-3-5-23(18)31-28(36)38/h2-5,12-14,16-17,22H,6-11,15H2,1H3,(H,31,38). The van der Waals surface area contributed by atoms with Crippen LogP contribution in [0.5, 0.6) is 0 Å². The summed E-state index contributed by atoms with van der Waals surface area (Å²) in [4.78, 5) is 34.0. The molecule has 1 N–H and O–H groups in total. The van der Waals surface area contributed by atoms with Gasteiger partial charge in [0.1, 0.15) is 6.42 Å². The fourth-order valence-electron chi connectivity index (χ4n) is 5.27. The van der Waals surface area contributed by atoms with Crippen molar-refractivity contribution in [2.24, 2.45) is 7.05 Å². The monoisotopic (exact) mass is 545 g/mol. The predicted molar refractivity (Wildman–Crippen MR) is 146 cm³/mol. The largest absolute Gasteiger partial charge is 0.420 e. The van der Waals surface area contributed by atoms with Gasteiger partial charge < -0.3 is 24.1 Å². The quantitative estimate of drug-likeness (QED) is 0.398. The molecule has 0 saturated carbocycles. The molecule has 0 spiro atoms. The summed E-state index contributed by atoms with van der Waals surface area (Å²) in [5.74, 6) is 0.474. The Balaban J connectivity index is 1.07. The summed E-state index contributed by atoms with van der Waals surface area (Å²) in [7, 11) is 1.90. The van der Waals surface area contributed by atoms with E-state index in [-0.39, 0.29) is 30.3 Å². The van der Waals surface area contributed by atoms with E-state index in [0.29, 0.717) is 36.1 Å². The summed E-state index contributed by atoms with van der Waals surface area (Å²) in [5, 5.41) is 11.8. The minimum absolute atomic E-state index is 0.0187. The number of imidazole rings is 1. The molecule has 2 aromatic heterocycles. The normalized spacial score (nSPS) is 16.1.